The topological polar surface area (TPSA) is 34.0 Å². The standard InChI is InChI=1S/C18H17FN2OS/c1-11-10-14(19)6-7-15(11)20-17(22)16-12(2)13(3)23-18(16)21-8-4-5-9-21/h4-10H,1-3H3,(H,20,22). The third-order valence-corrected chi connectivity index (χ3v) is 5.09. The average molecular weight is 328 g/mol. The summed E-state index contributed by atoms with van der Waals surface area (Å²) in [5.41, 5.74) is 2.95. The van der Waals surface area contributed by atoms with Gasteiger partial charge in [-0.2, -0.15) is 0 Å². The van der Waals surface area contributed by atoms with Crippen molar-refractivity contribution in [2.24, 2.45) is 0 Å². The van der Waals surface area contributed by atoms with Crippen molar-refractivity contribution in [2.75, 3.05) is 5.32 Å². The lowest BCUT2D eigenvalue weighted by molar-refractivity contribution is 0.102. The van der Waals surface area contributed by atoms with E-state index in [9.17, 15) is 9.18 Å². The monoisotopic (exact) mass is 328 g/mol. The number of amides is 1. The van der Waals surface area contributed by atoms with Gasteiger partial charge in [-0.1, -0.05) is 0 Å². The predicted octanol–water partition coefficient (Wildman–Crippen LogP) is 4.86. The molecule has 1 aromatic carbocycles. The van der Waals surface area contributed by atoms with Gasteiger partial charge in [0.1, 0.15) is 10.8 Å². The Kier molecular flexibility index (Phi) is 4.05. The summed E-state index contributed by atoms with van der Waals surface area (Å²) in [5.74, 6) is -0.485. The molecule has 0 saturated heterocycles. The highest BCUT2D eigenvalue weighted by Gasteiger charge is 2.21. The van der Waals surface area contributed by atoms with Gasteiger partial charge in [0.25, 0.3) is 5.91 Å². The van der Waals surface area contributed by atoms with E-state index >= 15 is 0 Å². The van der Waals surface area contributed by atoms with Crippen molar-refractivity contribution >= 4 is 22.9 Å². The van der Waals surface area contributed by atoms with Gasteiger partial charge in [0.15, 0.2) is 0 Å². The van der Waals surface area contributed by atoms with E-state index in [4.69, 9.17) is 0 Å². The zero-order valence-corrected chi connectivity index (χ0v) is 14.0. The number of nitrogens with zero attached hydrogens (tertiary/aromatic N) is 1. The molecule has 0 atom stereocenters. The summed E-state index contributed by atoms with van der Waals surface area (Å²) in [6, 6.07) is 8.20. The van der Waals surface area contributed by atoms with E-state index in [2.05, 4.69) is 5.32 Å². The van der Waals surface area contributed by atoms with E-state index in [0.717, 1.165) is 15.4 Å². The highest BCUT2D eigenvalue weighted by Crippen LogP contribution is 2.31. The largest absolute Gasteiger partial charge is 0.322 e. The minimum Gasteiger partial charge on any atom is -0.322 e. The Hall–Kier alpha value is -2.40. The Bertz CT molecular complexity index is 866. The number of hydrogen-bond acceptors (Lipinski definition) is 2. The number of benzene rings is 1. The van der Waals surface area contributed by atoms with Crippen LogP contribution in [0.5, 0.6) is 0 Å². The molecular weight excluding hydrogens is 311 g/mol. The van der Waals surface area contributed by atoms with Gasteiger partial charge in [-0.25, -0.2) is 4.39 Å². The first-order valence-electron chi connectivity index (χ1n) is 7.28. The van der Waals surface area contributed by atoms with Gasteiger partial charge < -0.3 is 9.88 Å². The zero-order chi connectivity index (χ0) is 16.6. The molecule has 3 rings (SSSR count). The summed E-state index contributed by atoms with van der Waals surface area (Å²) in [6.07, 6.45) is 3.84. The van der Waals surface area contributed by atoms with Crippen LogP contribution < -0.4 is 5.32 Å². The van der Waals surface area contributed by atoms with Crippen LogP contribution in [0, 0.1) is 26.6 Å². The van der Waals surface area contributed by atoms with Gasteiger partial charge in [-0.3, -0.25) is 4.79 Å². The molecule has 0 aliphatic rings. The minimum absolute atomic E-state index is 0.176. The minimum atomic E-state index is -0.309. The van der Waals surface area contributed by atoms with Crippen molar-refractivity contribution in [3.8, 4) is 5.00 Å². The molecule has 2 heterocycles. The van der Waals surface area contributed by atoms with Crippen molar-refractivity contribution in [3.05, 3.63) is 70.1 Å². The van der Waals surface area contributed by atoms with E-state index in [1.807, 2.05) is 42.9 Å². The molecule has 0 saturated carbocycles. The number of carbonyl (C=O) groups is 1. The van der Waals surface area contributed by atoms with Crippen LogP contribution in [0.3, 0.4) is 0 Å². The Morgan fingerprint density at radius 1 is 1.17 bits per heavy atom. The van der Waals surface area contributed by atoms with Crippen LogP contribution in [0.4, 0.5) is 10.1 Å². The van der Waals surface area contributed by atoms with Gasteiger partial charge in [0.05, 0.1) is 5.56 Å². The first-order chi connectivity index (χ1) is 11.0. The second kappa shape index (κ2) is 6.01. The number of halogens is 1. The molecule has 1 N–H and O–H groups in total. The average Bonchev–Trinajstić information content (AvgIpc) is 3.11. The number of rotatable bonds is 3. The van der Waals surface area contributed by atoms with Crippen molar-refractivity contribution < 1.29 is 9.18 Å². The van der Waals surface area contributed by atoms with Crippen molar-refractivity contribution in [1.82, 2.24) is 4.57 Å². The number of carbonyl (C=O) groups excluding carboxylic acids is 1. The number of aryl methyl sites for hydroxylation is 2. The van der Waals surface area contributed by atoms with Crippen LogP contribution in [0.15, 0.2) is 42.7 Å². The van der Waals surface area contributed by atoms with Crippen LogP contribution in [0.1, 0.15) is 26.4 Å². The van der Waals surface area contributed by atoms with Crippen LogP contribution in [0.2, 0.25) is 0 Å². The molecule has 1 amide bonds. The molecule has 23 heavy (non-hydrogen) atoms. The maximum Gasteiger partial charge on any atom is 0.258 e. The summed E-state index contributed by atoms with van der Waals surface area (Å²) in [5, 5.41) is 3.79. The van der Waals surface area contributed by atoms with E-state index < -0.39 is 0 Å². The summed E-state index contributed by atoms with van der Waals surface area (Å²) in [7, 11) is 0. The van der Waals surface area contributed by atoms with Gasteiger partial charge >= 0.3 is 0 Å². The molecule has 5 heteroatoms. The first kappa shape index (κ1) is 15.5. The van der Waals surface area contributed by atoms with Gasteiger partial charge in [0.2, 0.25) is 0 Å². The fourth-order valence-electron chi connectivity index (χ4n) is 2.48. The van der Waals surface area contributed by atoms with Crippen LogP contribution in [-0.2, 0) is 0 Å². The second-order valence-corrected chi connectivity index (χ2v) is 6.67. The molecule has 0 radical (unpaired) electrons. The third-order valence-electron chi connectivity index (χ3n) is 3.87. The molecule has 0 aliphatic heterocycles. The molecule has 0 spiro atoms. The smallest absolute Gasteiger partial charge is 0.258 e. The lowest BCUT2D eigenvalue weighted by Gasteiger charge is -2.10. The SMILES string of the molecule is Cc1cc(F)ccc1NC(=O)c1c(-n2cccc2)sc(C)c1C. The summed E-state index contributed by atoms with van der Waals surface area (Å²) >= 11 is 1.59. The maximum atomic E-state index is 13.2. The fourth-order valence-corrected chi connectivity index (χ4v) is 3.60. The van der Waals surface area contributed by atoms with Crippen LogP contribution in [-0.4, -0.2) is 10.5 Å². The van der Waals surface area contributed by atoms with E-state index in [0.29, 0.717) is 16.8 Å². The second-order valence-electron chi connectivity index (χ2n) is 5.47. The lowest BCUT2D eigenvalue weighted by atomic mass is 10.1. The molecule has 0 aliphatic carbocycles. The number of nitrogens with one attached hydrogen (secondary N) is 1. The van der Waals surface area contributed by atoms with E-state index in [1.54, 1.807) is 24.3 Å². The van der Waals surface area contributed by atoms with Crippen LogP contribution in [0.25, 0.3) is 5.00 Å². The first-order valence-corrected chi connectivity index (χ1v) is 8.10. The molecule has 0 unspecified atom stereocenters. The molecule has 118 valence electrons. The highest BCUT2D eigenvalue weighted by molar-refractivity contribution is 7.15. The van der Waals surface area contributed by atoms with Crippen molar-refractivity contribution in [3.63, 3.8) is 0 Å². The molecular formula is C18H17FN2OS. The molecule has 0 fully saturated rings. The Morgan fingerprint density at radius 3 is 2.52 bits per heavy atom. The Balaban J connectivity index is 1.99. The quantitative estimate of drug-likeness (QED) is 0.732. The maximum absolute atomic E-state index is 13.2. The van der Waals surface area contributed by atoms with Crippen molar-refractivity contribution in [2.45, 2.75) is 20.8 Å². The lowest BCUT2D eigenvalue weighted by Crippen LogP contribution is -2.15. The van der Waals surface area contributed by atoms with Gasteiger partial charge in [0, 0.05) is 23.0 Å². The van der Waals surface area contributed by atoms with Gasteiger partial charge in [-0.05, 0) is 62.2 Å². The predicted molar refractivity (Wildman–Crippen MR) is 92.2 cm³/mol. The third kappa shape index (κ3) is 2.92. The van der Waals surface area contributed by atoms with Crippen LogP contribution >= 0.6 is 11.3 Å². The number of hydrogen-bond donors (Lipinski definition) is 1. The van der Waals surface area contributed by atoms with E-state index in [-0.39, 0.29) is 11.7 Å². The number of anilines is 1. The normalized spacial score (nSPS) is 10.8. The number of thiophene rings is 1. The molecule has 0 bridgehead atoms. The zero-order valence-electron chi connectivity index (χ0n) is 13.2. The number of aromatic nitrogens is 1. The molecule has 2 aromatic heterocycles. The van der Waals surface area contributed by atoms with E-state index in [1.165, 1.54) is 12.1 Å². The van der Waals surface area contributed by atoms with Crippen molar-refractivity contribution in [1.29, 1.82) is 0 Å². The Morgan fingerprint density at radius 2 is 1.87 bits per heavy atom. The fraction of sp³-hybridized carbons (Fsp3) is 0.167. The molecule has 3 nitrogen and oxygen atoms in total. The summed E-state index contributed by atoms with van der Waals surface area (Å²) in [4.78, 5) is 13.9. The highest BCUT2D eigenvalue weighted by atomic mass is 32.1. The Labute approximate surface area is 138 Å². The molecule has 3 aromatic rings. The summed E-state index contributed by atoms with van der Waals surface area (Å²) in [6.45, 7) is 5.73. The summed E-state index contributed by atoms with van der Waals surface area (Å²) < 4.78 is 15.2. The van der Waals surface area contributed by atoms with Gasteiger partial charge in [-0.15, -0.1) is 11.3 Å².